The summed E-state index contributed by atoms with van der Waals surface area (Å²) in [4.78, 5) is 20.5. The van der Waals surface area contributed by atoms with Gasteiger partial charge in [-0.25, -0.2) is 4.79 Å². The second-order valence-corrected chi connectivity index (χ2v) is 9.03. The summed E-state index contributed by atoms with van der Waals surface area (Å²) < 4.78 is 1.62. The van der Waals surface area contributed by atoms with Crippen LogP contribution in [0.1, 0.15) is 24.2 Å². The van der Waals surface area contributed by atoms with Crippen LogP contribution in [0, 0.1) is 0 Å². The molecular weight excluding hydrogens is 390 g/mol. The van der Waals surface area contributed by atoms with Crippen LogP contribution in [0.15, 0.2) is 94.8 Å². The molecule has 0 aliphatic carbocycles. The minimum Gasteiger partial charge on any atom is -0.347 e. The molecule has 0 spiro atoms. The highest BCUT2D eigenvalue weighted by Gasteiger charge is 2.39. The Hall–Kier alpha value is -3.18. The molecule has 0 radical (unpaired) electrons. The van der Waals surface area contributed by atoms with E-state index in [0.29, 0.717) is 10.1 Å². The van der Waals surface area contributed by atoms with E-state index in [-0.39, 0.29) is 11.3 Å². The van der Waals surface area contributed by atoms with Crippen molar-refractivity contribution in [2.24, 2.45) is 0 Å². The number of benzene rings is 2. The van der Waals surface area contributed by atoms with Crippen molar-refractivity contribution >= 4 is 23.4 Å². The average Bonchev–Trinajstić information content (AvgIpc) is 3.18. The van der Waals surface area contributed by atoms with Crippen molar-refractivity contribution in [1.82, 2.24) is 4.98 Å². The van der Waals surface area contributed by atoms with Gasteiger partial charge in [-0.3, -0.25) is 0 Å². The summed E-state index contributed by atoms with van der Waals surface area (Å²) in [7, 11) is 2.08. The molecule has 1 aromatic heterocycles. The summed E-state index contributed by atoms with van der Waals surface area (Å²) in [6.07, 6.45) is 5.82. The normalized spacial score (nSPS) is 19.4. The average molecular weight is 413 g/mol. The second-order valence-electron chi connectivity index (χ2n) is 8.02. The van der Waals surface area contributed by atoms with Crippen molar-refractivity contribution in [2.45, 2.75) is 24.4 Å². The fourth-order valence-electron chi connectivity index (χ4n) is 4.22. The van der Waals surface area contributed by atoms with E-state index in [1.54, 1.807) is 4.57 Å². The Kier molecular flexibility index (Phi) is 4.36. The molecule has 0 fully saturated rings. The van der Waals surface area contributed by atoms with E-state index in [0.717, 1.165) is 11.3 Å². The standard InChI is InChI=1S/C25H22N3OS/c1-25(2)18-11-7-8-12-20(18)27(3)22(25)14-13-21-23(29)28-16-15-19(26-24(28)30-21)17-9-5-4-6-10-17/h4-16H,1-3H3/q+1. The van der Waals surface area contributed by atoms with Gasteiger partial charge in [0.05, 0.1) is 0 Å². The van der Waals surface area contributed by atoms with Crippen molar-refractivity contribution in [2.75, 3.05) is 11.9 Å². The van der Waals surface area contributed by atoms with Gasteiger partial charge in [-0.15, -0.1) is 0 Å². The first-order valence-electron chi connectivity index (χ1n) is 9.93. The monoisotopic (exact) mass is 412 g/mol. The highest BCUT2D eigenvalue weighted by Crippen LogP contribution is 2.46. The number of para-hydroxylation sites is 1. The van der Waals surface area contributed by atoms with Crippen LogP contribution in [0.3, 0.4) is 0 Å². The lowest BCUT2D eigenvalue weighted by atomic mass is 9.84. The summed E-state index contributed by atoms with van der Waals surface area (Å²) >= 11 is 1.42. The van der Waals surface area contributed by atoms with Gasteiger partial charge in [-0.05, 0) is 28.8 Å². The van der Waals surface area contributed by atoms with Gasteiger partial charge in [0.1, 0.15) is 11.1 Å². The SMILES string of the molecule is CN1C(=CC=C2Sc3nc(-c4ccccc4)cc[n+]3C2=O)C(C)(C)c2ccccc21. The van der Waals surface area contributed by atoms with E-state index in [1.165, 1.54) is 28.7 Å². The number of thioether (sulfide) groups is 1. The zero-order chi connectivity index (χ0) is 20.9. The van der Waals surface area contributed by atoms with Gasteiger partial charge in [-0.1, -0.05) is 62.4 Å². The Bertz CT molecular complexity index is 1230. The third kappa shape index (κ3) is 2.89. The van der Waals surface area contributed by atoms with Crippen molar-refractivity contribution in [3.63, 3.8) is 0 Å². The van der Waals surface area contributed by atoms with E-state index in [9.17, 15) is 4.79 Å². The van der Waals surface area contributed by atoms with Crippen LogP contribution in [0.5, 0.6) is 0 Å². The lowest BCUT2D eigenvalue weighted by Crippen LogP contribution is -2.40. The maximum absolute atomic E-state index is 12.9. The van der Waals surface area contributed by atoms with Crippen LogP contribution < -0.4 is 9.47 Å². The number of likely N-dealkylation sites (N-methyl/N-ethyl adjacent to an activating group) is 1. The van der Waals surface area contributed by atoms with Crippen molar-refractivity contribution in [3.8, 4) is 11.3 Å². The first-order chi connectivity index (χ1) is 14.5. The zero-order valence-corrected chi connectivity index (χ0v) is 18.0. The molecule has 5 heteroatoms. The number of fused-ring (bicyclic) bond motifs is 2. The van der Waals surface area contributed by atoms with Crippen LogP contribution in [0.25, 0.3) is 11.3 Å². The maximum atomic E-state index is 12.9. The Morgan fingerprint density at radius 3 is 2.50 bits per heavy atom. The number of rotatable bonds is 2. The van der Waals surface area contributed by atoms with E-state index in [1.807, 2.05) is 48.7 Å². The molecule has 3 heterocycles. The molecule has 3 aromatic rings. The molecule has 0 bridgehead atoms. The van der Waals surface area contributed by atoms with E-state index >= 15 is 0 Å². The molecule has 30 heavy (non-hydrogen) atoms. The summed E-state index contributed by atoms with van der Waals surface area (Å²) in [6, 6.07) is 20.4. The van der Waals surface area contributed by atoms with Crippen molar-refractivity contribution in [1.29, 1.82) is 0 Å². The highest BCUT2D eigenvalue weighted by atomic mass is 32.2. The molecular formula is C25H22N3OS+. The number of anilines is 1. The Morgan fingerprint density at radius 2 is 1.73 bits per heavy atom. The molecule has 5 rings (SSSR count). The number of aromatic nitrogens is 2. The molecule has 0 amide bonds. The lowest BCUT2D eigenvalue weighted by Gasteiger charge is -2.23. The quantitative estimate of drug-likeness (QED) is 0.338. The van der Waals surface area contributed by atoms with Crippen LogP contribution in [0.2, 0.25) is 0 Å². The number of carbonyl (C=O) groups excluding carboxylic acids is 1. The van der Waals surface area contributed by atoms with Crippen LogP contribution in [-0.4, -0.2) is 17.9 Å². The molecule has 0 saturated carbocycles. The Labute approximate surface area is 180 Å². The third-order valence-electron chi connectivity index (χ3n) is 5.84. The Balaban J connectivity index is 1.48. The number of nitrogens with zero attached hydrogens (tertiary/aromatic N) is 3. The molecule has 2 aliphatic heterocycles. The molecule has 0 atom stereocenters. The van der Waals surface area contributed by atoms with Crippen LogP contribution in [-0.2, 0) is 5.41 Å². The highest BCUT2D eigenvalue weighted by molar-refractivity contribution is 8.04. The summed E-state index contributed by atoms with van der Waals surface area (Å²) in [5, 5.41) is 0.702. The fourth-order valence-corrected chi connectivity index (χ4v) is 5.13. The fraction of sp³-hybridized carbons (Fsp3) is 0.160. The molecule has 0 N–H and O–H groups in total. The van der Waals surface area contributed by atoms with Gasteiger partial charge in [0.15, 0.2) is 5.69 Å². The molecule has 4 nitrogen and oxygen atoms in total. The third-order valence-corrected chi connectivity index (χ3v) is 6.84. The lowest BCUT2D eigenvalue weighted by molar-refractivity contribution is -0.612. The molecule has 2 aliphatic rings. The van der Waals surface area contributed by atoms with Crippen molar-refractivity contribution < 1.29 is 9.36 Å². The van der Waals surface area contributed by atoms with Gasteiger partial charge in [0.25, 0.3) is 0 Å². The van der Waals surface area contributed by atoms with Gasteiger partial charge in [0, 0.05) is 47.2 Å². The first-order valence-corrected chi connectivity index (χ1v) is 10.7. The van der Waals surface area contributed by atoms with Gasteiger partial charge >= 0.3 is 11.1 Å². The van der Waals surface area contributed by atoms with Gasteiger partial charge < -0.3 is 4.90 Å². The summed E-state index contributed by atoms with van der Waals surface area (Å²) in [5.41, 5.74) is 5.48. The minimum atomic E-state index is -0.118. The number of allylic oxidation sites excluding steroid dienone is 4. The topological polar surface area (TPSA) is 37.1 Å². The maximum Gasteiger partial charge on any atom is 0.372 e. The molecule has 148 valence electrons. The minimum absolute atomic E-state index is 0.0325. The summed E-state index contributed by atoms with van der Waals surface area (Å²) in [5.74, 6) is -0.0325. The van der Waals surface area contributed by atoms with Crippen LogP contribution >= 0.6 is 11.8 Å². The number of hydrogen-bond donors (Lipinski definition) is 0. The van der Waals surface area contributed by atoms with Crippen LogP contribution in [0.4, 0.5) is 5.69 Å². The van der Waals surface area contributed by atoms with E-state index < -0.39 is 0 Å². The first kappa shape index (κ1) is 18.8. The predicted octanol–water partition coefficient (Wildman–Crippen LogP) is 4.98. The van der Waals surface area contributed by atoms with Gasteiger partial charge in [-0.2, -0.15) is 4.57 Å². The zero-order valence-electron chi connectivity index (χ0n) is 17.2. The second kappa shape index (κ2) is 6.96. The number of carbonyl (C=O) groups is 1. The van der Waals surface area contributed by atoms with E-state index in [4.69, 9.17) is 4.98 Å². The van der Waals surface area contributed by atoms with E-state index in [2.05, 4.69) is 56.1 Å². The smallest absolute Gasteiger partial charge is 0.347 e. The number of hydrogen-bond acceptors (Lipinski definition) is 4. The predicted molar refractivity (Wildman–Crippen MR) is 120 cm³/mol. The molecule has 2 aromatic carbocycles. The molecule has 0 saturated heterocycles. The Morgan fingerprint density at radius 1 is 1.00 bits per heavy atom. The summed E-state index contributed by atoms with van der Waals surface area (Å²) in [6.45, 7) is 4.45. The largest absolute Gasteiger partial charge is 0.372 e. The van der Waals surface area contributed by atoms with Gasteiger partial charge in [0.2, 0.25) is 0 Å². The molecule has 0 unspecified atom stereocenters. The van der Waals surface area contributed by atoms with Crippen molar-refractivity contribution in [3.05, 3.63) is 95.2 Å².